The second kappa shape index (κ2) is 7.49. The van der Waals surface area contributed by atoms with Gasteiger partial charge in [-0.2, -0.15) is 0 Å². The number of allylic oxidation sites excluding steroid dienone is 2. The van der Waals surface area contributed by atoms with Gasteiger partial charge in [-0.15, -0.1) is 18.3 Å². The Morgan fingerprint density at radius 1 is 0.958 bits per heavy atom. The second-order valence-corrected chi connectivity index (χ2v) is 5.05. The molecule has 0 bridgehead atoms. The number of hydrogen-bond donors (Lipinski definition) is 0. The summed E-state index contributed by atoms with van der Waals surface area (Å²) in [7, 11) is 0. The molecule has 2 aromatic heterocycles. The fourth-order valence-electron chi connectivity index (χ4n) is 2.25. The predicted octanol–water partition coefficient (Wildman–Crippen LogP) is -1.01. The topological polar surface area (TPSA) is 110 Å². The lowest BCUT2D eigenvalue weighted by molar-refractivity contribution is 0.475. The molecule has 10 heteroatoms. The van der Waals surface area contributed by atoms with Crippen LogP contribution < -0.4 is 17.1 Å². The van der Waals surface area contributed by atoms with E-state index in [-0.39, 0.29) is 19.6 Å². The van der Waals surface area contributed by atoms with Gasteiger partial charge in [-0.05, 0) is 16.8 Å². The molecule has 24 heavy (non-hydrogen) atoms. The maximum absolute atomic E-state index is 12.5. The Hall–Kier alpha value is -3.04. The van der Waals surface area contributed by atoms with E-state index in [1.54, 1.807) is 0 Å². The Kier molecular flexibility index (Phi) is 5.40. The largest absolute Gasteiger partial charge is 0.337 e. The van der Waals surface area contributed by atoms with Crippen LogP contribution in [-0.2, 0) is 26.2 Å². The third-order valence-corrected chi connectivity index (χ3v) is 3.35. The summed E-state index contributed by atoms with van der Waals surface area (Å²) < 4.78 is 4.33. The summed E-state index contributed by atoms with van der Waals surface area (Å²) in [6.07, 6.45) is 3.62. The molecule has 0 saturated heterocycles. The van der Waals surface area contributed by atoms with Crippen LogP contribution in [0.3, 0.4) is 0 Å². The van der Waals surface area contributed by atoms with Crippen LogP contribution in [0, 0.1) is 0 Å². The van der Waals surface area contributed by atoms with Crippen LogP contribution in [0.5, 0.6) is 0 Å². The van der Waals surface area contributed by atoms with Gasteiger partial charge in [-0.3, -0.25) is 0 Å². The molecule has 0 aliphatic heterocycles. The van der Waals surface area contributed by atoms with Crippen molar-refractivity contribution in [1.82, 2.24) is 33.9 Å². The highest BCUT2D eigenvalue weighted by atomic mass is 16.2. The second-order valence-electron chi connectivity index (χ2n) is 5.05. The van der Waals surface area contributed by atoms with E-state index in [2.05, 4.69) is 28.7 Å². The van der Waals surface area contributed by atoms with Gasteiger partial charge in [0.25, 0.3) is 0 Å². The van der Waals surface area contributed by atoms with Gasteiger partial charge in [0.1, 0.15) is 0 Å². The molecule has 0 saturated carbocycles. The molecule has 0 amide bonds. The van der Waals surface area contributed by atoms with Crippen LogP contribution >= 0.6 is 0 Å². The van der Waals surface area contributed by atoms with Crippen LogP contribution in [0.4, 0.5) is 0 Å². The van der Waals surface area contributed by atoms with Crippen LogP contribution in [0.2, 0.25) is 0 Å². The summed E-state index contributed by atoms with van der Waals surface area (Å²) in [5.74, 6) is 0.366. The van der Waals surface area contributed by atoms with Gasteiger partial charge in [0.05, 0.1) is 19.6 Å². The predicted molar refractivity (Wildman–Crippen MR) is 86.8 cm³/mol. The summed E-state index contributed by atoms with van der Waals surface area (Å²) in [5.41, 5.74) is -2.15. The van der Waals surface area contributed by atoms with Crippen molar-refractivity contribution in [1.29, 1.82) is 0 Å². The minimum Gasteiger partial charge on any atom is -0.247 e. The van der Waals surface area contributed by atoms with Crippen LogP contribution in [0.25, 0.3) is 0 Å². The van der Waals surface area contributed by atoms with Crippen molar-refractivity contribution in [3.05, 3.63) is 62.6 Å². The summed E-state index contributed by atoms with van der Waals surface area (Å²) >= 11 is 0. The highest BCUT2D eigenvalue weighted by Gasteiger charge is 2.16. The van der Waals surface area contributed by atoms with E-state index in [9.17, 15) is 14.4 Å². The van der Waals surface area contributed by atoms with Crippen molar-refractivity contribution >= 4 is 0 Å². The smallest absolute Gasteiger partial charge is 0.247 e. The van der Waals surface area contributed by atoms with Crippen molar-refractivity contribution in [3.63, 3.8) is 0 Å². The van der Waals surface area contributed by atoms with Gasteiger partial charge in [-0.1, -0.05) is 19.1 Å². The van der Waals surface area contributed by atoms with Gasteiger partial charge in [0.15, 0.2) is 5.82 Å². The van der Waals surface area contributed by atoms with Gasteiger partial charge in [-0.25, -0.2) is 32.8 Å². The molecule has 0 radical (unpaired) electrons. The molecular formula is C14H19N7O3. The van der Waals surface area contributed by atoms with Crippen molar-refractivity contribution in [3.8, 4) is 0 Å². The summed E-state index contributed by atoms with van der Waals surface area (Å²) in [6, 6.07) is 0. The van der Waals surface area contributed by atoms with Crippen molar-refractivity contribution in [2.45, 2.75) is 39.5 Å². The molecule has 0 N–H and O–H groups in total. The Morgan fingerprint density at radius 3 is 2.00 bits per heavy atom. The maximum Gasteiger partial charge on any atom is 0.337 e. The van der Waals surface area contributed by atoms with E-state index in [0.29, 0.717) is 12.4 Å². The molecular weight excluding hydrogens is 314 g/mol. The summed E-state index contributed by atoms with van der Waals surface area (Å²) in [5, 5.41) is 11.2. The third-order valence-electron chi connectivity index (χ3n) is 3.35. The minimum absolute atomic E-state index is 0.00497. The molecule has 2 aromatic rings. The average molecular weight is 333 g/mol. The number of rotatable bonds is 8. The third kappa shape index (κ3) is 3.16. The SMILES string of the molecule is C=CCn1c(=O)n(CC=C)c(=O)n(Cc2nnnn2CCC)c1=O. The van der Waals surface area contributed by atoms with Gasteiger partial charge < -0.3 is 0 Å². The minimum atomic E-state index is -0.726. The summed E-state index contributed by atoms with van der Waals surface area (Å²) in [4.78, 5) is 37.3. The monoisotopic (exact) mass is 333 g/mol. The molecule has 10 nitrogen and oxygen atoms in total. The Balaban J connectivity index is 2.64. The van der Waals surface area contributed by atoms with E-state index in [0.717, 1.165) is 20.1 Å². The molecule has 0 spiro atoms. The molecule has 2 rings (SSSR count). The Labute approximate surface area is 137 Å². The Bertz CT molecular complexity index is 867. The number of tetrazole rings is 1. The molecule has 0 atom stereocenters. The fraction of sp³-hybridized carbons (Fsp3) is 0.429. The molecule has 0 unspecified atom stereocenters. The molecule has 2 heterocycles. The Morgan fingerprint density at radius 2 is 1.50 bits per heavy atom. The molecule has 0 aliphatic carbocycles. The lowest BCUT2D eigenvalue weighted by Crippen LogP contribution is -2.54. The van der Waals surface area contributed by atoms with Crippen LogP contribution in [0.1, 0.15) is 19.2 Å². The first-order valence-corrected chi connectivity index (χ1v) is 7.46. The quantitative estimate of drug-likeness (QED) is 0.573. The van der Waals surface area contributed by atoms with Gasteiger partial charge in [0, 0.05) is 6.54 Å². The lowest BCUT2D eigenvalue weighted by atomic mass is 10.4. The van der Waals surface area contributed by atoms with E-state index < -0.39 is 17.1 Å². The normalized spacial score (nSPS) is 10.7. The van der Waals surface area contributed by atoms with Gasteiger partial charge in [0.2, 0.25) is 0 Å². The standard InChI is InChI=1S/C14H19N7O3/c1-4-7-18-12(22)19(8-5-2)14(24)20(13(18)23)10-11-15-16-17-21(11)9-6-3/h4-5H,1-2,6-10H2,3H3. The first-order valence-electron chi connectivity index (χ1n) is 7.46. The number of nitrogens with zero attached hydrogens (tertiary/aromatic N) is 7. The molecule has 0 fully saturated rings. The average Bonchev–Trinajstić information content (AvgIpc) is 3.00. The zero-order chi connectivity index (χ0) is 17.7. The zero-order valence-corrected chi connectivity index (χ0v) is 13.5. The van der Waals surface area contributed by atoms with Crippen molar-refractivity contribution in [2.24, 2.45) is 0 Å². The lowest BCUT2D eigenvalue weighted by Gasteiger charge is -2.11. The van der Waals surface area contributed by atoms with Crippen molar-refractivity contribution in [2.75, 3.05) is 0 Å². The first kappa shape index (κ1) is 17.3. The highest BCUT2D eigenvalue weighted by Crippen LogP contribution is 1.95. The first-order chi connectivity index (χ1) is 11.5. The molecule has 0 aromatic carbocycles. The van der Waals surface area contributed by atoms with E-state index in [1.165, 1.54) is 16.8 Å². The summed E-state index contributed by atoms with van der Waals surface area (Å²) in [6.45, 7) is 9.44. The van der Waals surface area contributed by atoms with E-state index in [1.807, 2.05) is 6.92 Å². The van der Waals surface area contributed by atoms with Crippen LogP contribution in [0.15, 0.2) is 39.7 Å². The van der Waals surface area contributed by atoms with E-state index in [4.69, 9.17) is 0 Å². The highest BCUT2D eigenvalue weighted by molar-refractivity contribution is 4.89. The fourth-order valence-corrected chi connectivity index (χ4v) is 2.25. The van der Waals surface area contributed by atoms with Crippen LogP contribution in [-0.4, -0.2) is 33.9 Å². The maximum atomic E-state index is 12.5. The van der Waals surface area contributed by atoms with Gasteiger partial charge >= 0.3 is 17.1 Å². The number of hydrogen-bond acceptors (Lipinski definition) is 6. The van der Waals surface area contributed by atoms with E-state index >= 15 is 0 Å². The molecule has 128 valence electrons. The number of aryl methyl sites for hydroxylation is 1. The molecule has 0 aliphatic rings. The number of aromatic nitrogens is 7. The zero-order valence-electron chi connectivity index (χ0n) is 13.5. The van der Waals surface area contributed by atoms with Crippen molar-refractivity contribution < 1.29 is 0 Å².